The van der Waals surface area contributed by atoms with Gasteiger partial charge in [-0.1, -0.05) is 44.9 Å². The summed E-state index contributed by atoms with van der Waals surface area (Å²) in [5.41, 5.74) is 4.25. The highest BCUT2D eigenvalue weighted by atomic mass is 15.1. The van der Waals surface area contributed by atoms with Crippen molar-refractivity contribution < 1.29 is 0 Å². The van der Waals surface area contributed by atoms with Crippen LogP contribution in [0.2, 0.25) is 0 Å². The molecular weight excluding hydrogens is 258 g/mol. The molecule has 2 rings (SSSR count). The van der Waals surface area contributed by atoms with Gasteiger partial charge in [-0.2, -0.15) is 0 Å². The largest absolute Gasteiger partial charge is 0.384 e. The summed E-state index contributed by atoms with van der Waals surface area (Å²) in [7, 11) is 4.40. The molecule has 1 unspecified atom stereocenters. The molecule has 0 bridgehead atoms. The normalized spacial score (nSPS) is 15.3. The summed E-state index contributed by atoms with van der Waals surface area (Å²) in [5.74, 6) is 0.770. The number of anilines is 1. The first-order valence-electron chi connectivity index (χ1n) is 8.39. The van der Waals surface area contributed by atoms with Crippen molar-refractivity contribution in [2.45, 2.75) is 45.7 Å². The molecule has 1 aliphatic heterocycles. The average molecular weight is 289 g/mol. The molecule has 0 amide bonds. The van der Waals surface area contributed by atoms with Gasteiger partial charge in [-0.25, -0.2) is 0 Å². The van der Waals surface area contributed by atoms with E-state index in [1.54, 1.807) is 0 Å². The Balaban J connectivity index is 1.92. The summed E-state index contributed by atoms with van der Waals surface area (Å²) in [5, 5.41) is 7.20. The van der Waals surface area contributed by atoms with Crippen LogP contribution in [-0.2, 0) is 13.0 Å². The fourth-order valence-corrected chi connectivity index (χ4v) is 3.52. The van der Waals surface area contributed by atoms with Crippen LogP contribution in [0.3, 0.4) is 0 Å². The molecular formula is C18H31N3. The second-order valence-corrected chi connectivity index (χ2v) is 6.37. The number of hydrogen-bond donors (Lipinski definition) is 2. The maximum absolute atomic E-state index is 3.68. The van der Waals surface area contributed by atoms with Crippen molar-refractivity contribution in [2.75, 3.05) is 32.5 Å². The van der Waals surface area contributed by atoms with Crippen LogP contribution in [0, 0.1) is 5.92 Å². The second-order valence-electron chi connectivity index (χ2n) is 6.37. The smallest absolute Gasteiger partial charge is 0.0419 e. The van der Waals surface area contributed by atoms with Gasteiger partial charge < -0.3 is 15.5 Å². The van der Waals surface area contributed by atoms with Crippen LogP contribution < -0.4 is 10.6 Å². The number of nitrogens with zero attached hydrogens (tertiary/aromatic N) is 1. The quantitative estimate of drug-likeness (QED) is 0.770. The lowest BCUT2D eigenvalue weighted by atomic mass is 9.93. The number of rotatable bonds is 8. The molecule has 3 nitrogen and oxygen atoms in total. The maximum Gasteiger partial charge on any atom is 0.0419 e. The van der Waals surface area contributed by atoms with Crippen LogP contribution in [0.25, 0.3) is 0 Å². The zero-order valence-corrected chi connectivity index (χ0v) is 14.1. The Morgan fingerprint density at radius 2 is 2.00 bits per heavy atom. The van der Waals surface area contributed by atoms with Gasteiger partial charge >= 0.3 is 0 Å². The summed E-state index contributed by atoms with van der Waals surface area (Å²) in [4.78, 5) is 2.37. The minimum atomic E-state index is 0.615. The third-order valence-electron chi connectivity index (χ3n) is 4.86. The van der Waals surface area contributed by atoms with Crippen LogP contribution >= 0.6 is 0 Å². The van der Waals surface area contributed by atoms with E-state index >= 15 is 0 Å². The fourth-order valence-electron chi connectivity index (χ4n) is 3.52. The van der Waals surface area contributed by atoms with Gasteiger partial charge in [-0.05, 0) is 37.6 Å². The Morgan fingerprint density at radius 1 is 1.24 bits per heavy atom. The summed E-state index contributed by atoms with van der Waals surface area (Å²) in [6, 6.07) is 7.29. The predicted octanol–water partition coefficient (Wildman–Crippen LogP) is 3.11. The number of benzene rings is 1. The molecule has 1 atom stereocenters. The molecule has 21 heavy (non-hydrogen) atoms. The first-order valence-corrected chi connectivity index (χ1v) is 8.39. The fraction of sp³-hybridized carbons (Fsp3) is 0.667. The standard InChI is InChI=1S/C18H31N3/c1-5-14(6-2)17(21(3)4)13-19-12-16-9-7-8-15-10-11-20-18(15)16/h7-9,14,17,19-20H,5-6,10-13H2,1-4H3. The van der Waals surface area contributed by atoms with Gasteiger partial charge in [0.25, 0.3) is 0 Å². The van der Waals surface area contributed by atoms with Gasteiger partial charge in [-0.15, -0.1) is 0 Å². The highest BCUT2D eigenvalue weighted by molar-refractivity contribution is 5.61. The molecule has 1 heterocycles. The van der Waals surface area contributed by atoms with E-state index in [4.69, 9.17) is 0 Å². The summed E-state index contributed by atoms with van der Waals surface area (Å²) in [6.07, 6.45) is 3.67. The van der Waals surface area contributed by atoms with Crippen LogP contribution in [0.1, 0.15) is 37.8 Å². The van der Waals surface area contributed by atoms with Gasteiger partial charge in [0.2, 0.25) is 0 Å². The highest BCUT2D eigenvalue weighted by Gasteiger charge is 2.20. The molecule has 0 aliphatic carbocycles. The molecule has 1 aromatic rings. The van der Waals surface area contributed by atoms with E-state index in [0.717, 1.165) is 32.0 Å². The van der Waals surface area contributed by atoms with E-state index < -0.39 is 0 Å². The van der Waals surface area contributed by atoms with E-state index in [2.05, 4.69) is 61.7 Å². The Bertz CT molecular complexity index is 438. The molecule has 1 aromatic carbocycles. The molecule has 2 N–H and O–H groups in total. The third-order valence-corrected chi connectivity index (χ3v) is 4.86. The molecule has 0 fully saturated rings. The van der Waals surface area contributed by atoms with Crippen molar-refractivity contribution in [1.82, 2.24) is 10.2 Å². The van der Waals surface area contributed by atoms with E-state index in [1.165, 1.54) is 29.7 Å². The zero-order chi connectivity index (χ0) is 15.2. The topological polar surface area (TPSA) is 27.3 Å². The van der Waals surface area contributed by atoms with Gasteiger partial charge in [0.15, 0.2) is 0 Å². The number of hydrogen-bond acceptors (Lipinski definition) is 3. The molecule has 0 spiro atoms. The van der Waals surface area contributed by atoms with Crippen molar-refractivity contribution in [3.63, 3.8) is 0 Å². The molecule has 0 aromatic heterocycles. The second kappa shape index (κ2) is 7.81. The summed E-state index contributed by atoms with van der Waals surface area (Å²) < 4.78 is 0. The van der Waals surface area contributed by atoms with Crippen molar-refractivity contribution in [2.24, 2.45) is 5.92 Å². The molecule has 0 saturated carbocycles. The zero-order valence-electron chi connectivity index (χ0n) is 14.1. The SMILES string of the molecule is CCC(CC)C(CNCc1cccc2c1NCC2)N(C)C. The molecule has 0 radical (unpaired) electrons. The van der Waals surface area contributed by atoms with Gasteiger partial charge in [0, 0.05) is 31.4 Å². The monoisotopic (exact) mass is 289 g/mol. The minimum absolute atomic E-state index is 0.615. The van der Waals surface area contributed by atoms with Gasteiger partial charge in [-0.3, -0.25) is 0 Å². The Kier molecular flexibility index (Phi) is 6.07. The van der Waals surface area contributed by atoms with Crippen LogP contribution in [0.4, 0.5) is 5.69 Å². The van der Waals surface area contributed by atoms with E-state index in [0.29, 0.717) is 6.04 Å². The lowest BCUT2D eigenvalue weighted by Crippen LogP contribution is -2.42. The third kappa shape index (κ3) is 3.98. The lowest BCUT2D eigenvalue weighted by molar-refractivity contribution is 0.194. The number of likely N-dealkylation sites (N-methyl/N-ethyl adjacent to an activating group) is 1. The highest BCUT2D eigenvalue weighted by Crippen LogP contribution is 2.26. The van der Waals surface area contributed by atoms with Gasteiger partial charge in [0.1, 0.15) is 0 Å². The Hall–Kier alpha value is -1.06. The summed E-state index contributed by atoms with van der Waals surface area (Å²) in [6.45, 7) is 7.71. The van der Waals surface area contributed by atoms with Crippen LogP contribution in [0.5, 0.6) is 0 Å². The van der Waals surface area contributed by atoms with Crippen LogP contribution in [-0.4, -0.2) is 38.1 Å². The van der Waals surface area contributed by atoms with E-state index in [-0.39, 0.29) is 0 Å². The number of para-hydroxylation sites is 1. The first-order chi connectivity index (χ1) is 10.2. The minimum Gasteiger partial charge on any atom is -0.384 e. The first kappa shape index (κ1) is 16.3. The Morgan fingerprint density at radius 3 is 2.67 bits per heavy atom. The molecule has 118 valence electrons. The maximum atomic E-state index is 3.68. The van der Waals surface area contributed by atoms with Crippen molar-refractivity contribution in [3.8, 4) is 0 Å². The lowest BCUT2D eigenvalue weighted by Gasteiger charge is -2.31. The summed E-state index contributed by atoms with van der Waals surface area (Å²) >= 11 is 0. The number of nitrogens with one attached hydrogen (secondary N) is 2. The van der Waals surface area contributed by atoms with Crippen molar-refractivity contribution in [1.29, 1.82) is 0 Å². The van der Waals surface area contributed by atoms with E-state index in [9.17, 15) is 0 Å². The van der Waals surface area contributed by atoms with E-state index in [1.807, 2.05) is 0 Å². The number of fused-ring (bicyclic) bond motifs is 1. The molecule has 1 aliphatic rings. The van der Waals surface area contributed by atoms with Crippen molar-refractivity contribution in [3.05, 3.63) is 29.3 Å². The Labute approximate surface area is 130 Å². The molecule has 3 heteroatoms. The average Bonchev–Trinajstić information content (AvgIpc) is 2.95. The van der Waals surface area contributed by atoms with Crippen LogP contribution in [0.15, 0.2) is 18.2 Å². The van der Waals surface area contributed by atoms with Gasteiger partial charge in [0.05, 0.1) is 0 Å². The van der Waals surface area contributed by atoms with Crippen molar-refractivity contribution >= 4 is 5.69 Å². The predicted molar refractivity (Wildman–Crippen MR) is 91.9 cm³/mol. The molecule has 0 saturated heterocycles.